The van der Waals surface area contributed by atoms with Crippen molar-refractivity contribution in [3.63, 3.8) is 0 Å². The first-order valence-corrected chi connectivity index (χ1v) is 8.89. The zero-order valence-electron chi connectivity index (χ0n) is 15.7. The largest absolute Gasteiger partial charge is 0.370 e. The molecule has 2 aromatic carbocycles. The molecule has 3 aromatic rings. The van der Waals surface area contributed by atoms with Gasteiger partial charge in [-0.1, -0.05) is 18.2 Å². The zero-order chi connectivity index (χ0) is 19.2. The maximum atomic E-state index is 12.4. The number of nitrogens with zero attached hydrogens (tertiary/aromatic N) is 2. The first-order chi connectivity index (χ1) is 13.0. The summed E-state index contributed by atoms with van der Waals surface area (Å²) in [6.07, 6.45) is 0. The number of aryl methyl sites for hydroxylation is 2. The molecule has 0 aliphatic heterocycles. The summed E-state index contributed by atoms with van der Waals surface area (Å²) in [4.78, 5) is 21.2. The molecule has 0 spiro atoms. The van der Waals surface area contributed by atoms with Crippen molar-refractivity contribution in [2.45, 2.75) is 20.8 Å². The van der Waals surface area contributed by atoms with E-state index in [0.29, 0.717) is 11.5 Å². The number of hydrogen-bond acceptors (Lipinski definition) is 5. The van der Waals surface area contributed by atoms with Crippen LogP contribution in [0.1, 0.15) is 28.5 Å². The number of benzene rings is 2. The van der Waals surface area contributed by atoms with Crippen LogP contribution in [-0.4, -0.2) is 22.4 Å². The van der Waals surface area contributed by atoms with Gasteiger partial charge in [0.2, 0.25) is 5.95 Å². The van der Waals surface area contributed by atoms with E-state index in [2.05, 4.69) is 25.9 Å². The topological polar surface area (TPSA) is 78.9 Å². The van der Waals surface area contributed by atoms with Crippen LogP contribution in [0.15, 0.2) is 54.6 Å². The van der Waals surface area contributed by atoms with E-state index in [9.17, 15) is 4.79 Å². The Kier molecular flexibility index (Phi) is 5.66. The number of aromatic nitrogens is 2. The van der Waals surface area contributed by atoms with Gasteiger partial charge in [-0.15, -0.1) is 0 Å². The van der Waals surface area contributed by atoms with Gasteiger partial charge in [-0.3, -0.25) is 4.79 Å². The fraction of sp³-hybridized carbons (Fsp3) is 0.190. The summed E-state index contributed by atoms with van der Waals surface area (Å²) in [5, 5.41) is 9.29. The molecule has 0 fully saturated rings. The molecule has 3 N–H and O–H groups in total. The minimum absolute atomic E-state index is 0.119. The Hall–Kier alpha value is -3.41. The fourth-order valence-electron chi connectivity index (χ4n) is 2.69. The molecule has 0 bridgehead atoms. The fourth-order valence-corrected chi connectivity index (χ4v) is 2.69. The first kappa shape index (κ1) is 18.4. The van der Waals surface area contributed by atoms with Gasteiger partial charge in [0.05, 0.1) is 0 Å². The SMILES string of the molecule is CCNc1cc(C)nc(Nc2ccc(NC(=O)c3ccccc3C)cc2)n1. The van der Waals surface area contributed by atoms with Gasteiger partial charge in [0.25, 0.3) is 5.91 Å². The smallest absolute Gasteiger partial charge is 0.255 e. The van der Waals surface area contributed by atoms with Crippen LogP contribution in [0.4, 0.5) is 23.1 Å². The Labute approximate surface area is 159 Å². The van der Waals surface area contributed by atoms with Crippen molar-refractivity contribution in [3.05, 3.63) is 71.4 Å². The molecule has 27 heavy (non-hydrogen) atoms. The van der Waals surface area contributed by atoms with Crippen molar-refractivity contribution >= 4 is 29.0 Å². The van der Waals surface area contributed by atoms with Crippen LogP contribution >= 0.6 is 0 Å². The van der Waals surface area contributed by atoms with Crippen molar-refractivity contribution in [1.29, 1.82) is 0 Å². The summed E-state index contributed by atoms with van der Waals surface area (Å²) in [6.45, 7) is 6.67. The van der Waals surface area contributed by atoms with Gasteiger partial charge in [0.15, 0.2) is 0 Å². The second-order valence-corrected chi connectivity index (χ2v) is 6.22. The number of rotatable bonds is 6. The lowest BCUT2D eigenvalue weighted by molar-refractivity contribution is 0.102. The quantitative estimate of drug-likeness (QED) is 0.601. The molecule has 3 rings (SSSR count). The molecule has 0 atom stereocenters. The van der Waals surface area contributed by atoms with Gasteiger partial charge in [-0.2, -0.15) is 4.98 Å². The van der Waals surface area contributed by atoms with Crippen LogP contribution in [0.5, 0.6) is 0 Å². The van der Waals surface area contributed by atoms with Gasteiger partial charge in [0.1, 0.15) is 5.82 Å². The van der Waals surface area contributed by atoms with Gasteiger partial charge >= 0.3 is 0 Å². The van der Waals surface area contributed by atoms with Crippen LogP contribution in [0.2, 0.25) is 0 Å². The maximum Gasteiger partial charge on any atom is 0.255 e. The van der Waals surface area contributed by atoms with Gasteiger partial charge < -0.3 is 16.0 Å². The summed E-state index contributed by atoms with van der Waals surface area (Å²) in [5.74, 6) is 1.20. The Bertz CT molecular complexity index is 938. The van der Waals surface area contributed by atoms with Crippen LogP contribution in [-0.2, 0) is 0 Å². The molecule has 0 radical (unpaired) electrons. The van der Waals surface area contributed by atoms with E-state index in [0.717, 1.165) is 35.0 Å². The molecule has 138 valence electrons. The van der Waals surface area contributed by atoms with Crippen molar-refractivity contribution in [3.8, 4) is 0 Å². The lowest BCUT2D eigenvalue weighted by Crippen LogP contribution is -2.13. The standard InChI is InChI=1S/C21H23N5O/c1-4-22-19-13-15(3)23-21(26-19)25-17-11-9-16(10-12-17)24-20(27)18-8-6-5-7-14(18)2/h5-13H,4H2,1-3H3,(H,24,27)(H2,22,23,25,26). The van der Waals surface area contributed by atoms with Gasteiger partial charge in [-0.05, 0) is 56.7 Å². The molecular weight excluding hydrogens is 338 g/mol. The molecule has 1 heterocycles. The van der Waals surface area contributed by atoms with Gasteiger partial charge in [0, 0.05) is 35.2 Å². The Morgan fingerprint density at radius 1 is 0.963 bits per heavy atom. The van der Waals surface area contributed by atoms with E-state index in [4.69, 9.17) is 0 Å². The highest BCUT2D eigenvalue weighted by atomic mass is 16.1. The molecule has 0 aliphatic carbocycles. The van der Waals surface area contributed by atoms with E-state index in [1.54, 1.807) is 0 Å². The van der Waals surface area contributed by atoms with Crippen LogP contribution in [0, 0.1) is 13.8 Å². The van der Waals surface area contributed by atoms with Crippen molar-refractivity contribution in [2.24, 2.45) is 0 Å². The highest BCUT2D eigenvalue weighted by Gasteiger charge is 2.08. The number of anilines is 4. The molecule has 6 heteroatoms. The average Bonchev–Trinajstić information content (AvgIpc) is 2.63. The highest BCUT2D eigenvalue weighted by molar-refractivity contribution is 6.05. The van der Waals surface area contributed by atoms with Crippen molar-refractivity contribution < 1.29 is 4.79 Å². The molecule has 1 aromatic heterocycles. The summed E-state index contributed by atoms with van der Waals surface area (Å²) in [6, 6.07) is 16.9. The third-order valence-corrected chi connectivity index (χ3v) is 4.00. The number of nitrogens with one attached hydrogen (secondary N) is 3. The number of carbonyl (C=O) groups excluding carboxylic acids is 1. The van der Waals surface area contributed by atoms with Crippen molar-refractivity contribution in [2.75, 3.05) is 22.5 Å². The summed E-state index contributed by atoms with van der Waals surface area (Å²) < 4.78 is 0. The molecular formula is C21H23N5O. The van der Waals surface area contributed by atoms with E-state index in [1.165, 1.54) is 0 Å². The number of carbonyl (C=O) groups is 1. The second kappa shape index (κ2) is 8.31. The normalized spacial score (nSPS) is 10.3. The van der Waals surface area contributed by atoms with Gasteiger partial charge in [-0.25, -0.2) is 4.98 Å². The van der Waals surface area contributed by atoms with E-state index in [-0.39, 0.29) is 5.91 Å². The lowest BCUT2D eigenvalue weighted by Gasteiger charge is -2.10. The maximum absolute atomic E-state index is 12.4. The highest BCUT2D eigenvalue weighted by Crippen LogP contribution is 2.19. The summed E-state index contributed by atoms with van der Waals surface area (Å²) in [7, 11) is 0. The molecule has 0 saturated carbocycles. The van der Waals surface area contributed by atoms with Crippen LogP contribution in [0.3, 0.4) is 0 Å². The van der Waals surface area contributed by atoms with E-state index >= 15 is 0 Å². The number of hydrogen-bond donors (Lipinski definition) is 3. The molecule has 0 saturated heterocycles. The predicted octanol–water partition coefficient (Wildman–Crippen LogP) is 4.52. The van der Waals surface area contributed by atoms with Crippen LogP contribution in [0.25, 0.3) is 0 Å². The number of amides is 1. The van der Waals surface area contributed by atoms with E-state index < -0.39 is 0 Å². The Morgan fingerprint density at radius 2 is 1.67 bits per heavy atom. The monoisotopic (exact) mass is 361 g/mol. The van der Waals surface area contributed by atoms with E-state index in [1.807, 2.05) is 75.4 Å². The zero-order valence-corrected chi connectivity index (χ0v) is 15.7. The Balaban J connectivity index is 1.69. The lowest BCUT2D eigenvalue weighted by atomic mass is 10.1. The first-order valence-electron chi connectivity index (χ1n) is 8.89. The third kappa shape index (κ3) is 4.82. The van der Waals surface area contributed by atoms with Crippen LogP contribution < -0.4 is 16.0 Å². The molecule has 0 aliphatic rings. The minimum Gasteiger partial charge on any atom is -0.370 e. The molecule has 6 nitrogen and oxygen atoms in total. The summed E-state index contributed by atoms with van der Waals surface area (Å²) >= 11 is 0. The molecule has 1 amide bonds. The Morgan fingerprint density at radius 3 is 2.37 bits per heavy atom. The summed E-state index contributed by atoms with van der Waals surface area (Å²) in [5.41, 5.74) is 4.07. The minimum atomic E-state index is -0.119. The predicted molar refractivity (Wildman–Crippen MR) is 110 cm³/mol. The second-order valence-electron chi connectivity index (χ2n) is 6.22. The average molecular weight is 361 g/mol. The van der Waals surface area contributed by atoms with Crippen molar-refractivity contribution in [1.82, 2.24) is 9.97 Å². The third-order valence-electron chi connectivity index (χ3n) is 4.00. The molecule has 0 unspecified atom stereocenters.